The van der Waals surface area contributed by atoms with E-state index < -0.39 is 23.3 Å². The minimum atomic E-state index is -1.25. The van der Waals surface area contributed by atoms with Gasteiger partial charge >= 0.3 is 0 Å². The van der Waals surface area contributed by atoms with Gasteiger partial charge in [-0.2, -0.15) is 4.39 Å². The highest BCUT2D eigenvalue weighted by Gasteiger charge is 2.23. The van der Waals surface area contributed by atoms with Gasteiger partial charge in [0.25, 0.3) is 0 Å². The summed E-state index contributed by atoms with van der Waals surface area (Å²) in [5, 5.41) is 0. The van der Waals surface area contributed by atoms with Crippen molar-refractivity contribution < 1.29 is 22.3 Å². The zero-order chi connectivity index (χ0) is 19.8. The molecule has 0 radical (unpaired) electrons. The topological polar surface area (TPSA) is 9.23 Å². The van der Waals surface area contributed by atoms with Gasteiger partial charge in [-0.25, -0.2) is 13.2 Å². The molecular weight excluding hydrogens is 388 g/mol. The van der Waals surface area contributed by atoms with Crippen LogP contribution in [0.4, 0.5) is 17.6 Å². The summed E-state index contributed by atoms with van der Waals surface area (Å²) < 4.78 is 63.6. The Labute approximate surface area is 164 Å². The van der Waals surface area contributed by atoms with Crippen molar-refractivity contribution in [3.63, 3.8) is 0 Å². The molecular formula is C22H18F4OS. The van der Waals surface area contributed by atoms with Crippen LogP contribution in [-0.4, -0.2) is 6.61 Å². The first-order valence-electron chi connectivity index (χ1n) is 9.11. The second kappa shape index (κ2) is 7.59. The summed E-state index contributed by atoms with van der Waals surface area (Å²) in [5.41, 5.74) is -0.559. The first-order chi connectivity index (χ1) is 13.5. The van der Waals surface area contributed by atoms with Crippen molar-refractivity contribution in [3.05, 3.63) is 64.5 Å². The molecule has 0 unspecified atom stereocenters. The van der Waals surface area contributed by atoms with E-state index in [0.29, 0.717) is 17.4 Å². The second-order valence-electron chi connectivity index (χ2n) is 7.05. The average molecular weight is 406 g/mol. The van der Waals surface area contributed by atoms with Gasteiger partial charge in [-0.1, -0.05) is 12.5 Å². The quantitative estimate of drug-likeness (QED) is 0.410. The highest BCUT2D eigenvalue weighted by atomic mass is 32.1. The molecule has 2 aromatic carbocycles. The van der Waals surface area contributed by atoms with Gasteiger partial charge < -0.3 is 4.74 Å². The third kappa shape index (κ3) is 3.41. The molecule has 1 nitrogen and oxygen atoms in total. The van der Waals surface area contributed by atoms with Crippen LogP contribution in [0.25, 0.3) is 21.6 Å². The van der Waals surface area contributed by atoms with E-state index in [4.69, 9.17) is 4.74 Å². The van der Waals surface area contributed by atoms with Crippen LogP contribution in [0, 0.1) is 36.1 Å². The van der Waals surface area contributed by atoms with Crippen molar-refractivity contribution in [2.45, 2.75) is 26.2 Å². The van der Waals surface area contributed by atoms with Crippen LogP contribution in [0.3, 0.4) is 0 Å². The Bertz CT molecular complexity index is 1020. The molecule has 0 bridgehead atoms. The summed E-state index contributed by atoms with van der Waals surface area (Å²) in [6, 6.07) is 8.66. The molecule has 0 atom stereocenters. The first kappa shape index (κ1) is 19.0. The van der Waals surface area contributed by atoms with Gasteiger partial charge in [-0.3, -0.25) is 0 Å². The molecule has 0 saturated heterocycles. The first-order valence-corrected chi connectivity index (χ1v) is 9.93. The van der Waals surface area contributed by atoms with Gasteiger partial charge in [0.15, 0.2) is 23.2 Å². The molecule has 0 amide bonds. The molecule has 1 aromatic heterocycles. The van der Waals surface area contributed by atoms with E-state index >= 15 is 0 Å². The molecule has 0 spiro atoms. The lowest BCUT2D eigenvalue weighted by molar-refractivity contribution is 0.174. The molecule has 1 saturated carbocycles. The Morgan fingerprint density at radius 2 is 1.43 bits per heavy atom. The lowest BCUT2D eigenvalue weighted by Gasteiger charge is -2.25. The van der Waals surface area contributed by atoms with Gasteiger partial charge in [0.2, 0.25) is 5.82 Å². The Kier molecular flexibility index (Phi) is 5.15. The summed E-state index contributed by atoms with van der Waals surface area (Å²) >= 11 is 1.33. The lowest BCUT2D eigenvalue weighted by Crippen LogP contribution is -2.19. The maximum absolute atomic E-state index is 14.7. The number of halogens is 4. The van der Waals surface area contributed by atoms with E-state index in [1.807, 2.05) is 13.0 Å². The van der Waals surface area contributed by atoms with Gasteiger partial charge in [-0.15, -0.1) is 11.3 Å². The number of hydrogen-bond donors (Lipinski definition) is 0. The molecule has 1 fully saturated rings. The van der Waals surface area contributed by atoms with Crippen LogP contribution in [0.2, 0.25) is 0 Å². The minimum Gasteiger partial charge on any atom is -0.490 e. The fraction of sp³-hybridized carbons (Fsp3) is 0.273. The molecule has 6 heteroatoms. The maximum Gasteiger partial charge on any atom is 0.201 e. The van der Waals surface area contributed by atoms with Crippen molar-refractivity contribution in [3.8, 4) is 27.3 Å². The van der Waals surface area contributed by atoms with Crippen molar-refractivity contribution >= 4 is 11.3 Å². The van der Waals surface area contributed by atoms with E-state index in [-0.39, 0.29) is 22.4 Å². The van der Waals surface area contributed by atoms with Crippen LogP contribution < -0.4 is 4.74 Å². The third-order valence-corrected chi connectivity index (χ3v) is 6.16. The van der Waals surface area contributed by atoms with Gasteiger partial charge in [0, 0.05) is 26.4 Å². The van der Waals surface area contributed by atoms with Crippen molar-refractivity contribution in [2.75, 3.05) is 6.61 Å². The SMILES string of the molecule is Cc1ccc(-c2ccc(-c3ccc(OCC4CCC4)c(F)c3F)c(F)c2F)s1. The molecule has 1 heterocycles. The number of benzene rings is 2. The zero-order valence-electron chi connectivity index (χ0n) is 15.2. The van der Waals surface area contributed by atoms with Crippen LogP contribution in [0.5, 0.6) is 5.75 Å². The molecule has 28 heavy (non-hydrogen) atoms. The molecule has 4 rings (SSSR count). The Morgan fingerprint density at radius 1 is 0.821 bits per heavy atom. The Morgan fingerprint density at radius 3 is 2.04 bits per heavy atom. The number of aryl methyl sites for hydroxylation is 1. The van der Waals surface area contributed by atoms with Gasteiger partial charge in [-0.05, 0) is 56.0 Å². The van der Waals surface area contributed by atoms with Crippen molar-refractivity contribution in [1.29, 1.82) is 0 Å². The third-order valence-electron chi connectivity index (χ3n) is 5.12. The number of hydrogen-bond acceptors (Lipinski definition) is 2. The predicted octanol–water partition coefficient (Wildman–Crippen LogP) is 7.13. The van der Waals surface area contributed by atoms with Crippen LogP contribution in [0.1, 0.15) is 24.1 Å². The summed E-state index contributed by atoms with van der Waals surface area (Å²) in [6.45, 7) is 2.19. The standard InChI is InChI=1S/C22H18F4OS/c1-12-5-10-18(28-12)16-7-6-14(19(23)21(16)25)15-8-9-17(22(26)20(15)24)27-11-13-3-2-4-13/h5-10,13H,2-4,11H2,1H3. The monoisotopic (exact) mass is 406 g/mol. The number of thiophene rings is 1. The summed E-state index contributed by atoms with van der Waals surface area (Å²) in [5.74, 6) is -4.56. The van der Waals surface area contributed by atoms with Crippen LogP contribution >= 0.6 is 11.3 Å². The zero-order valence-corrected chi connectivity index (χ0v) is 16.0. The van der Waals surface area contributed by atoms with E-state index in [2.05, 4.69) is 0 Å². The number of rotatable bonds is 5. The second-order valence-corrected chi connectivity index (χ2v) is 8.33. The number of ether oxygens (including phenoxy) is 1. The fourth-order valence-electron chi connectivity index (χ4n) is 3.25. The summed E-state index contributed by atoms with van der Waals surface area (Å²) in [6.07, 6.45) is 3.15. The fourth-order valence-corrected chi connectivity index (χ4v) is 4.13. The van der Waals surface area contributed by atoms with E-state index in [0.717, 1.165) is 24.1 Å². The van der Waals surface area contributed by atoms with Gasteiger partial charge in [0.05, 0.1) is 6.61 Å². The van der Waals surface area contributed by atoms with E-state index in [1.165, 1.54) is 35.6 Å². The average Bonchev–Trinajstić information content (AvgIpc) is 3.06. The normalized spacial score (nSPS) is 14.2. The van der Waals surface area contributed by atoms with Gasteiger partial charge in [0.1, 0.15) is 0 Å². The smallest absolute Gasteiger partial charge is 0.201 e. The Balaban J connectivity index is 1.66. The minimum absolute atomic E-state index is 0.0979. The molecule has 0 aliphatic heterocycles. The summed E-state index contributed by atoms with van der Waals surface area (Å²) in [7, 11) is 0. The molecule has 3 aromatic rings. The van der Waals surface area contributed by atoms with Crippen molar-refractivity contribution in [2.24, 2.45) is 5.92 Å². The largest absolute Gasteiger partial charge is 0.490 e. The predicted molar refractivity (Wildman–Crippen MR) is 103 cm³/mol. The molecule has 1 aliphatic rings. The Hall–Kier alpha value is -2.34. The van der Waals surface area contributed by atoms with Crippen molar-refractivity contribution in [1.82, 2.24) is 0 Å². The molecule has 146 valence electrons. The summed E-state index contributed by atoms with van der Waals surface area (Å²) in [4.78, 5) is 1.54. The highest BCUT2D eigenvalue weighted by molar-refractivity contribution is 7.15. The van der Waals surface area contributed by atoms with E-state index in [9.17, 15) is 17.6 Å². The maximum atomic E-state index is 14.7. The lowest BCUT2D eigenvalue weighted by atomic mass is 9.86. The van der Waals surface area contributed by atoms with Crippen LogP contribution in [-0.2, 0) is 0 Å². The van der Waals surface area contributed by atoms with E-state index in [1.54, 1.807) is 6.07 Å². The molecule has 1 aliphatic carbocycles. The van der Waals surface area contributed by atoms with Crippen LogP contribution in [0.15, 0.2) is 36.4 Å². The highest BCUT2D eigenvalue weighted by Crippen LogP contribution is 2.37. The molecule has 0 N–H and O–H groups in total.